The van der Waals surface area contributed by atoms with Gasteiger partial charge in [0.15, 0.2) is 11.0 Å². The van der Waals surface area contributed by atoms with Gasteiger partial charge in [-0.25, -0.2) is 14.0 Å². The number of carbonyl (C=O) groups is 4. The first-order valence-electron chi connectivity index (χ1n) is 13.5. The van der Waals surface area contributed by atoms with E-state index in [1.165, 1.54) is 18.2 Å². The lowest BCUT2D eigenvalue weighted by Crippen LogP contribution is -2.25. The molecule has 1 atom stereocenters. The summed E-state index contributed by atoms with van der Waals surface area (Å²) in [7, 11) is 0. The summed E-state index contributed by atoms with van der Waals surface area (Å²) in [4.78, 5) is 51.1. The first-order chi connectivity index (χ1) is 20.1. The summed E-state index contributed by atoms with van der Waals surface area (Å²) in [5.41, 5.74) is 0.668. The van der Waals surface area contributed by atoms with E-state index in [0.717, 1.165) is 42.0 Å². The van der Waals surface area contributed by atoms with E-state index in [1.54, 1.807) is 27.7 Å². The lowest BCUT2D eigenvalue weighted by atomic mass is 10.1. The first kappa shape index (κ1) is 32.7. The van der Waals surface area contributed by atoms with Crippen molar-refractivity contribution in [3.8, 4) is 0 Å². The number of thiophene rings is 1. The zero-order chi connectivity index (χ0) is 30.8. The molecule has 0 radical (unpaired) electrons. The van der Waals surface area contributed by atoms with Crippen molar-refractivity contribution in [1.82, 2.24) is 20.1 Å². The predicted molar refractivity (Wildman–Crippen MR) is 157 cm³/mol. The number of ether oxygens (including phenoxy) is 2. The van der Waals surface area contributed by atoms with Crippen molar-refractivity contribution in [3.05, 3.63) is 57.5 Å². The molecule has 0 aliphatic rings. The Morgan fingerprint density at radius 1 is 1.10 bits per heavy atom. The van der Waals surface area contributed by atoms with E-state index in [4.69, 9.17) is 9.47 Å². The Balaban J connectivity index is 1.77. The van der Waals surface area contributed by atoms with Gasteiger partial charge in [-0.2, -0.15) is 0 Å². The minimum absolute atomic E-state index is 0.0568. The summed E-state index contributed by atoms with van der Waals surface area (Å²) >= 11 is 2.12. The Morgan fingerprint density at radius 2 is 1.81 bits per heavy atom. The molecule has 0 fully saturated rings. The molecule has 1 unspecified atom stereocenters. The van der Waals surface area contributed by atoms with Crippen LogP contribution in [0.25, 0.3) is 0 Å². The molecule has 226 valence electrons. The molecule has 14 heteroatoms. The van der Waals surface area contributed by atoms with Gasteiger partial charge in [-0.1, -0.05) is 31.2 Å². The summed E-state index contributed by atoms with van der Waals surface area (Å²) in [5, 5.41) is 14.0. The van der Waals surface area contributed by atoms with Crippen molar-refractivity contribution < 1.29 is 33.0 Å². The average Bonchev–Trinajstić information content (AvgIpc) is 3.49. The molecule has 2 heterocycles. The maximum Gasteiger partial charge on any atom is 0.348 e. The third-order valence-electron chi connectivity index (χ3n) is 6.00. The number of unbranched alkanes of at least 4 members (excludes halogenated alkanes) is 1. The maximum absolute atomic E-state index is 13.5. The smallest absolute Gasteiger partial charge is 0.348 e. The Morgan fingerprint density at radius 3 is 2.48 bits per heavy atom. The number of esters is 2. The van der Waals surface area contributed by atoms with E-state index in [9.17, 15) is 23.6 Å². The van der Waals surface area contributed by atoms with Crippen LogP contribution in [0.4, 0.5) is 9.39 Å². The molecule has 0 aliphatic carbocycles. The minimum Gasteiger partial charge on any atom is -0.462 e. The van der Waals surface area contributed by atoms with Gasteiger partial charge in [-0.3, -0.25) is 9.59 Å². The standard InChI is InChI=1S/C28H34FN5O6S2/c1-6-9-13-34-20(15-30-24(36)18-11-10-12-19(29)14-18)32-33-28(34)41-17(5)23(35)31-25-21(26(37)39-7-2)16(4)22(42-25)27(38)40-8-3/h10-12,14,17H,6-9,13,15H2,1-5H3,(H,30,36)(H,31,35). The van der Waals surface area contributed by atoms with E-state index in [2.05, 4.69) is 20.8 Å². The fraction of sp³-hybridized carbons (Fsp3) is 0.429. The number of hydrogen-bond acceptors (Lipinski definition) is 10. The summed E-state index contributed by atoms with van der Waals surface area (Å²) in [5.74, 6) is -2.14. The van der Waals surface area contributed by atoms with Gasteiger partial charge in [0.2, 0.25) is 5.91 Å². The van der Waals surface area contributed by atoms with Crippen LogP contribution < -0.4 is 10.6 Å². The van der Waals surface area contributed by atoms with Crippen LogP contribution in [0, 0.1) is 12.7 Å². The molecule has 2 aromatic heterocycles. The lowest BCUT2D eigenvalue weighted by Gasteiger charge is -2.14. The number of aromatic nitrogens is 3. The molecule has 0 saturated heterocycles. The quantitative estimate of drug-likeness (QED) is 0.189. The molecule has 0 saturated carbocycles. The van der Waals surface area contributed by atoms with Crippen LogP contribution in [-0.4, -0.2) is 57.0 Å². The molecule has 2 amide bonds. The molecular weight excluding hydrogens is 585 g/mol. The number of hydrogen-bond donors (Lipinski definition) is 2. The topological polar surface area (TPSA) is 142 Å². The number of rotatable bonds is 14. The SMILES string of the molecule is CCCCn1c(CNC(=O)c2cccc(F)c2)nnc1SC(C)C(=O)Nc1sc(C(=O)OCC)c(C)c1C(=O)OCC. The molecule has 3 rings (SSSR count). The fourth-order valence-electron chi connectivity index (χ4n) is 3.84. The van der Waals surface area contributed by atoms with Gasteiger partial charge in [0, 0.05) is 12.1 Å². The Bertz CT molecular complexity index is 1440. The van der Waals surface area contributed by atoms with Gasteiger partial charge < -0.3 is 24.7 Å². The van der Waals surface area contributed by atoms with Crippen LogP contribution in [0.2, 0.25) is 0 Å². The Hall–Kier alpha value is -3.78. The molecule has 0 spiro atoms. The highest BCUT2D eigenvalue weighted by Crippen LogP contribution is 2.35. The molecule has 2 N–H and O–H groups in total. The third-order valence-corrected chi connectivity index (χ3v) is 8.27. The largest absolute Gasteiger partial charge is 0.462 e. The van der Waals surface area contributed by atoms with Gasteiger partial charge in [-0.05, 0) is 57.9 Å². The van der Waals surface area contributed by atoms with E-state index in [0.29, 0.717) is 23.1 Å². The number of nitrogens with one attached hydrogen (secondary N) is 2. The van der Waals surface area contributed by atoms with E-state index >= 15 is 0 Å². The Kier molecular flexibility index (Phi) is 12.0. The highest BCUT2D eigenvalue weighted by atomic mass is 32.2. The molecular formula is C28H34FN5O6S2. The summed E-state index contributed by atoms with van der Waals surface area (Å²) in [6.07, 6.45) is 1.70. The predicted octanol–water partition coefficient (Wildman–Crippen LogP) is 4.99. The van der Waals surface area contributed by atoms with Gasteiger partial charge in [0.05, 0.1) is 30.6 Å². The monoisotopic (exact) mass is 619 g/mol. The molecule has 11 nitrogen and oxygen atoms in total. The van der Waals surface area contributed by atoms with E-state index in [1.807, 2.05) is 11.5 Å². The van der Waals surface area contributed by atoms with Crippen LogP contribution in [-0.2, 0) is 27.4 Å². The fourth-order valence-corrected chi connectivity index (χ4v) is 5.82. The highest BCUT2D eigenvalue weighted by molar-refractivity contribution is 8.00. The highest BCUT2D eigenvalue weighted by Gasteiger charge is 2.29. The number of carbonyl (C=O) groups excluding carboxylic acids is 4. The van der Waals surface area contributed by atoms with Crippen LogP contribution in [0.3, 0.4) is 0 Å². The zero-order valence-corrected chi connectivity index (χ0v) is 25.7. The number of nitrogens with zero attached hydrogens (tertiary/aromatic N) is 3. The number of anilines is 1. The average molecular weight is 620 g/mol. The van der Waals surface area contributed by atoms with Crippen molar-refractivity contribution in [2.24, 2.45) is 0 Å². The van der Waals surface area contributed by atoms with Crippen LogP contribution >= 0.6 is 23.1 Å². The summed E-state index contributed by atoms with van der Waals surface area (Å²) in [6.45, 7) is 9.57. The first-order valence-corrected chi connectivity index (χ1v) is 15.2. The number of amides is 2. The van der Waals surface area contributed by atoms with Crippen molar-refractivity contribution >= 4 is 51.9 Å². The normalized spacial score (nSPS) is 11.6. The van der Waals surface area contributed by atoms with Crippen LogP contribution in [0.15, 0.2) is 29.4 Å². The van der Waals surface area contributed by atoms with Crippen molar-refractivity contribution in [2.75, 3.05) is 18.5 Å². The van der Waals surface area contributed by atoms with Crippen LogP contribution in [0.1, 0.15) is 82.3 Å². The molecule has 42 heavy (non-hydrogen) atoms. The molecule has 0 aliphatic heterocycles. The zero-order valence-electron chi connectivity index (χ0n) is 24.1. The molecule has 3 aromatic rings. The van der Waals surface area contributed by atoms with Crippen molar-refractivity contribution in [3.63, 3.8) is 0 Å². The van der Waals surface area contributed by atoms with Gasteiger partial charge >= 0.3 is 11.9 Å². The van der Waals surface area contributed by atoms with Crippen molar-refractivity contribution in [1.29, 1.82) is 0 Å². The third kappa shape index (κ3) is 8.16. The second-order valence-electron chi connectivity index (χ2n) is 9.05. The molecule has 0 bridgehead atoms. The number of benzene rings is 1. The van der Waals surface area contributed by atoms with Crippen LogP contribution in [0.5, 0.6) is 0 Å². The number of thioether (sulfide) groups is 1. The van der Waals surface area contributed by atoms with Gasteiger partial charge in [0.25, 0.3) is 5.91 Å². The minimum atomic E-state index is -0.673. The molecule has 1 aromatic carbocycles. The lowest BCUT2D eigenvalue weighted by molar-refractivity contribution is -0.115. The van der Waals surface area contributed by atoms with Gasteiger partial charge in [0.1, 0.15) is 15.7 Å². The van der Waals surface area contributed by atoms with E-state index < -0.39 is 34.8 Å². The summed E-state index contributed by atoms with van der Waals surface area (Å²) < 4.78 is 25.6. The maximum atomic E-state index is 13.5. The summed E-state index contributed by atoms with van der Waals surface area (Å²) in [6, 6.07) is 5.38. The Labute approximate surface area is 251 Å². The second-order valence-corrected chi connectivity index (χ2v) is 11.4. The van der Waals surface area contributed by atoms with E-state index in [-0.39, 0.29) is 40.8 Å². The number of halogens is 1. The second kappa shape index (κ2) is 15.4. The van der Waals surface area contributed by atoms with Crippen molar-refractivity contribution in [2.45, 2.75) is 71.0 Å². The van der Waals surface area contributed by atoms with Gasteiger partial charge in [-0.15, -0.1) is 21.5 Å².